The monoisotopic (exact) mass is 235 g/mol. The molecule has 0 bridgehead atoms. The van der Waals surface area contributed by atoms with Crippen molar-refractivity contribution in [2.24, 2.45) is 0 Å². The van der Waals surface area contributed by atoms with Crippen LogP contribution in [0.3, 0.4) is 0 Å². The van der Waals surface area contributed by atoms with Gasteiger partial charge in [-0.05, 0) is 6.92 Å². The highest BCUT2D eigenvalue weighted by molar-refractivity contribution is 7.09. The van der Waals surface area contributed by atoms with E-state index in [1.807, 2.05) is 0 Å². The lowest BCUT2D eigenvalue weighted by atomic mass is 10.2. The maximum absolute atomic E-state index is 11.9. The van der Waals surface area contributed by atoms with Gasteiger partial charge in [0, 0.05) is 5.38 Å². The van der Waals surface area contributed by atoms with E-state index in [4.69, 9.17) is 5.26 Å². The van der Waals surface area contributed by atoms with Crippen LogP contribution in [0.2, 0.25) is 0 Å². The van der Waals surface area contributed by atoms with Crippen LogP contribution < -0.4 is 5.32 Å². The average Bonchev–Trinajstić information content (AvgIpc) is 2.51. The van der Waals surface area contributed by atoms with E-state index >= 15 is 0 Å². The van der Waals surface area contributed by atoms with E-state index in [2.05, 4.69) is 10.3 Å². The minimum atomic E-state index is -4.32. The van der Waals surface area contributed by atoms with Gasteiger partial charge in [0.2, 0.25) is 0 Å². The normalized spacial score (nSPS) is 13.5. The summed E-state index contributed by atoms with van der Waals surface area (Å²) in [6.45, 7) is 0.536. The predicted molar refractivity (Wildman–Crippen MR) is 49.3 cm³/mol. The summed E-state index contributed by atoms with van der Waals surface area (Å²) in [6.07, 6.45) is -4.32. The van der Waals surface area contributed by atoms with E-state index in [0.717, 1.165) is 5.01 Å². The Morgan fingerprint density at radius 1 is 1.67 bits per heavy atom. The summed E-state index contributed by atoms with van der Waals surface area (Å²) >= 11 is 1.30. The maximum atomic E-state index is 11.9. The van der Waals surface area contributed by atoms with Gasteiger partial charge in [-0.25, -0.2) is 4.98 Å². The van der Waals surface area contributed by atoms with Crippen LogP contribution in [-0.2, 0) is 0 Å². The number of aryl methyl sites for hydroxylation is 1. The molecule has 0 saturated carbocycles. The molecule has 0 aliphatic rings. The molecule has 82 valence electrons. The summed E-state index contributed by atoms with van der Waals surface area (Å²) in [6, 6.07) is 0.734. The molecule has 0 saturated heterocycles. The Kier molecular flexibility index (Phi) is 3.66. The summed E-state index contributed by atoms with van der Waals surface area (Å²) in [5, 5.41) is 13.1. The quantitative estimate of drug-likeness (QED) is 0.873. The second-order valence-corrected chi connectivity index (χ2v) is 3.91. The molecule has 15 heavy (non-hydrogen) atoms. The smallest absolute Gasteiger partial charge is 0.288 e. The fourth-order valence-electron chi connectivity index (χ4n) is 0.947. The van der Waals surface area contributed by atoms with E-state index in [0.29, 0.717) is 5.69 Å². The zero-order valence-electron chi connectivity index (χ0n) is 7.80. The molecule has 1 heterocycles. The van der Waals surface area contributed by atoms with Crippen LogP contribution in [0.5, 0.6) is 0 Å². The Bertz CT molecular complexity index is 366. The molecular formula is C8H8F3N3S. The molecule has 1 atom stereocenters. The van der Waals surface area contributed by atoms with Crippen molar-refractivity contribution < 1.29 is 13.2 Å². The lowest BCUT2D eigenvalue weighted by Crippen LogP contribution is -2.31. The minimum absolute atomic E-state index is 0.337. The second-order valence-electron chi connectivity index (χ2n) is 2.85. The standard InChI is InChI=1S/C8H8F3N3S/c1-5-14-7(3-15-5)6(2-12)13-4-8(9,10)11/h3,6,13H,4H2,1H3. The molecule has 1 N–H and O–H groups in total. The molecule has 1 aromatic rings. The van der Waals surface area contributed by atoms with Crippen molar-refractivity contribution >= 4 is 11.3 Å². The van der Waals surface area contributed by atoms with Crippen LogP contribution in [0.15, 0.2) is 5.38 Å². The number of alkyl halides is 3. The molecule has 3 nitrogen and oxygen atoms in total. The molecule has 0 aromatic carbocycles. The molecule has 0 radical (unpaired) electrons. The molecule has 1 rings (SSSR count). The highest BCUT2D eigenvalue weighted by atomic mass is 32.1. The lowest BCUT2D eigenvalue weighted by molar-refractivity contribution is -0.125. The number of rotatable bonds is 3. The highest BCUT2D eigenvalue weighted by Gasteiger charge is 2.28. The predicted octanol–water partition coefficient (Wildman–Crippen LogP) is 2.17. The van der Waals surface area contributed by atoms with E-state index in [1.165, 1.54) is 11.3 Å². The van der Waals surface area contributed by atoms with Crippen LogP contribution in [0, 0.1) is 18.3 Å². The third-order valence-corrected chi connectivity index (χ3v) is 2.36. The Hall–Kier alpha value is -1.13. The SMILES string of the molecule is Cc1nc(C(C#N)NCC(F)(F)F)cs1. The largest absolute Gasteiger partial charge is 0.401 e. The second kappa shape index (κ2) is 4.59. The van der Waals surface area contributed by atoms with Crippen molar-refractivity contribution in [3.05, 3.63) is 16.1 Å². The van der Waals surface area contributed by atoms with Gasteiger partial charge in [0.25, 0.3) is 0 Å². The van der Waals surface area contributed by atoms with Crippen LogP contribution in [0.1, 0.15) is 16.7 Å². The van der Waals surface area contributed by atoms with Crippen molar-refractivity contribution in [3.63, 3.8) is 0 Å². The topological polar surface area (TPSA) is 48.7 Å². The van der Waals surface area contributed by atoms with Gasteiger partial charge in [0.1, 0.15) is 6.04 Å². The van der Waals surface area contributed by atoms with Gasteiger partial charge in [-0.2, -0.15) is 18.4 Å². The molecule has 7 heteroatoms. The summed E-state index contributed by atoms with van der Waals surface area (Å²) < 4.78 is 35.7. The molecule has 1 unspecified atom stereocenters. The summed E-state index contributed by atoms with van der Waals surface area (Å²) in [4.78, 5) is 3.95. The van der Waals surface area contributed by atoms with Crippen molar-refractivity contribution in [3.8, 4) is 6.07 Å². The van der Waals surface area contributed by atoms with Crippen LogP contribution in [-0.4, -0.2) is 17.7 Å². The Morgan fingerprint density at radius 2 is 2.33 bits per heavy atom. The van der Waals surface area contributed by atoms with Crippen LogP contribution >= 0.6 is 11.3 Å². The average molecular weight is 235 g/mol. The fraction of sp³-hybridized carbons (Fsp3) is 0.500. The first-order valence-corrected chi connectivity index (χ1v) is 4.92. The summed E-state index contributed by atoms with van der Waals surface area (Å²) in [5.41, 5.74) is 0.337. The number of nitriles is 1. The van der Waals surface area contributed by atoms with E-state index in [-0.39, 0.29) is 0 Å². The zero-order chi connectivity index (χ0) is 11.5. The van der Waals surface area contributed by atoms with Crippen molar-refractivity contribution in [2.45, 2.75) is 19.1 Å². The van der Waals surface area contributed by atoms with Crippen molar-refractivity contribution in [1.29, 1.82) is 5.26 Å². The maximum Gasteiger partial charge on any atom is 0.401 e. The minimum Gasteiger partial charge on any atom is -0.288 e. The van der Waals surface area contributed by atoms with Gasteiger partial charge in [0.05, 0.1) is 23.3 Å². The number of aromatic nitrogens is 1. The molecule has 1 aromatic heterocycles. The van der Waals surface area contributed by atoms with E-state index in [9.17, 15) is 13.2 Å². The Labute approximate surface area is 88.6 Å². The first kappa shape index (κ1) is 11.9. The third-order valence-electron chi connectivity index (χ3n) is 1.57. The van der Waals surface area contributed by atoms with Crippen molar-refractivity contribution in [2.75, 3.05) is 6.54 Å². The van der Waals surface area contributed by atoms with E-state index < -0.39 is 18.8 Å². The first-order valence-electron chi connectivity index (χ1n) is 4.04. The van der Waals surface area contributed by atoms with Gasteiger partial charge in [-0.15, -0.1) is 11.3 Å². The molecular weight excluding hydrogens is 227 g/mol. The van der Waals surface area contributed by atoms with Gasteiger partial charge >= 0.3 is 6.18 Å². The number of halogens is 3. The molecule has 0 aliphatic carbocycles. The van der Waals surface area contributed by atoms with Crippen LogP contribution in [0.4, 0.5) is 13.2 Å². The summed E-state index contributed by atoms with van der Waals surface area (Å²) in [5.74, 6) is 0. The fourth-order valence-corrected chi connectivity index (χ4v) is 1.59. The van der Waals surface area contributed by atoms with Crippen molar-refractivity contribution in [1.82, 2.24) is 10.3 Å². The first-order chi connectivity index (χ1) is 6.92. The number of thiazole rings is 1. The summed E-state index contributed by atoms with van der Waals surface area (Å²) in [7, 11) is 0. The molecule has 0 amide bonds. The number of nitrogens with one attached hydrogen (secondary N) is 1. The lowest BCUT2D eigenvalue weighted by Gasteiger charge is -2.11. The molecule has 0 fully saturated rings. The highest BCUT2D eigenvalue weighted by Crippen LogP contribution is 2.18. The van der Waals surface area contributed by atoms with Gasteiger partial charge in [-0.1, -0.05) is 0 Å². The molecule has 0 spiro atoms. The van der Waals surface area contributed by atoms with Gasteiger partial charge in [0.15, 0.2) is 0 Å². The zero-order valence-corrected chi connectivity index (χ0v) is 8.61. The number of hydrogen-bond donors (Lipinski definition) is 1. The Morgan fingerprint density at radius 3 is 2.73 bits per heavy atom. The Balaban J connectivity index is 2.62. The number of nitrogens with zero attached hydrogens (tertiary/aromatic N) is 2. The molecule has 0 aliphatic heterocycles. The van der Waals surface area contributed by atoms with Gasteiger partial charge < -0.3 is 0 Å². The van der Waals surface area contributed by atoms with Gasteiger partial charge in [-0.3, -0.25) is 5.32 Å². The number of hydrogen-bond acceptors (Lipinski definition) is 4. The van der Waals surface area contributed by atoms with Crippen LogP contribution in [0.25, 0.3) is 0 Å². The van der Waals surface area contributed by atoms with E-state index in [1.54, 1.807) is 18.4 Å². The third kappa shape index (κ3) is 3.85.